The Hall–Kier alpha value is -1.32. The molecule has 0 spiro atoms. The third-order valence-electron chi connectivity index (χ3n) is 4.72. The lowest BCUT2D eigenvalue weighted by Crippen LogP contribution is -2.38. The van der Waals surface area contributed by atoms with Gasteiger partial charge in [0.2, 0.25) is 5.91 Å². The number of guanidine groups is 1. The van der Waals surface area contributed by atoms with Crippen molar-refractivity contribution in [3.63, 3.8) is 0 Å². The van der Waals surface area contributed by atoms with Gasteiger partial charge < -0.3 is 15.1 Å². The molecule has 1 aliphatic heterocycles. The van der Waals surface area contributed by atoms with Gasteiger partial charge in [-0.2, -0.15) is 0 Å². The van der Waals surface area contributed by atoms with Crippen molar-refractivity contribution in [2.75, 3.05) is 20.1 Å². The monoisotopic (exact) mass is 546 g/mol. The molecule has 0 saturated carbocycles. The van der Waals surface area contributed by atoms with Gasteiger partial charge in [-0.05, 0) is 36.6 Å². The Labute approximate surface area is 199 Å². The van der Waals surface area contributed by atoms with Crippen molar-refractivity contribution in [2.45, 2.75) is 39.4 Å². The second kappa shape index (κ2) is 11.8. The Bertz CT molecular complexity index is 817. The molecule has 3 rings (SSSR count). The summed E-state index contributed by atoms with van der Waals surface area (Å²) in [6.07, 6.45) is 1.28. The van der Waals surface area contributed by atoms with Crippen LogP contribution in [0.3, 0.4) is 0 Å². The van der Waals surface area contributed by atoms with E-state index in [0.717, 1.165) is 42.9 Å². The summed E-state index contributed by atoms with van der Waals surface area (Å²) in [5, 5.41) is 3.32. The molecule has 2 heterocycles. The van der Waals surface area contributed by atoms with Crippen molar-refractivity contribution in [2.24, 2.45) is 4.99 Å². The molecule has 0 unspecified atom stereocenters. The molecule has 1 aromatic heterocycles. The fraction of sp³-hybridized carbons (Fsp3) is 0.429. The molecule has 0 atom stereocenters. The molecule has 0 bridgehead atoms. The highest BCUT2D eigenvalue weighted by Gasteiger charge is 2.22. The molecule has 0 fully saturated rings. The summed E-state index contributed by atoms with van der Waals surface area (Å²) in [6, 6.07) is 12.2. The third kappa shape index (κ3) is 6.86. The number of thiophene rings is 1. The van der Waals surface area contributed by atoms with Gasteiger partial charge in [-0.1, -0.05) is 35.9 Å². The minimum absolute atomic E-state index is 0. The molecule has 8 heteroatoms. The lowest BCUT2D eigenvalue weighted by molar-refractivity contribution is -0.131. The number of rotatable bonds is 7. The first-order chi connectivity index (χ1) is 13.6. The Morgan fingerprint density at radius 2 is 1.93 bits per heavy atom. The van der Waals surface area contributed by atoms with Crippen LogP contribution in [0.1, 0.15) is 35.8 Å². The van der Waals surface area contributed by atoms with E-state index in [0.29, 0.717) is 13.0 Å². The van der Waals surface area contributed by atoms with Crippen LogP contribution in [-0.2, 0) is 24.4 Å². The molecule has 29 heavy (non-hydrogen) atoms. The van der Waals surface area contributed by atoms with Gasteiger partial charge in [-0.25, -0.2) is 0 Å². The number of carbonyl (C=O) groups is 1. The number of halogens is 2. The van der Waals surface area contributed by atoms with E-state index >= 15 is 0 Å². The quantitative estimate of drug-likeness (QED) is 0.236. The lowest BCUT2D eigenvalue weighted by atomic mass is 10.1. The summed E-state index contributed by atoms with van der Waals surface area (Å²) >= 11 is 7.60. The van der Waals surface area contributed by atoms with E-state index < -0.39 is 0 Å². The maximum absolute atomic E-state index is 12.5. The van der Waals surface area contributed by atoms with Gasteiger partial charge in [-0.15, -0.1) is 35.3 Å². The first-order valence-electron chi connectivity index (χ1n) is 9.65. The Morgan fingerprint density at radius 3 is 2.52 bits per heavy atom. The molecular formula is C21H28ClIN4OS. The first-order valence-corrected chi connectivity index (χ1v) is 10.8. The minimum atomic E-state index is 0. The average Bonchev–Trinajstić information content (AvgIpc) is 3.29. The van der Waals surface area contributed by atoms with Crippen molar-refractivity contribution in [1.29, 1.82) is 0 Å². The number of carbonyl (C=O) groups excluding carboxylic acids is 1. The van der Waals surface area contributed by atoms with E-state index in [1.165, 1.54) is 16.0 Å². The zero-order valence-corrected chi connectivity index (χ0v) is 20.8. The van der Waals surface area contributed by atoms with Gasteiger partial charge in [0.1, 0.15) is 0 Å². The highest BCUT2D eigenvalue weighted by atomic mass is 127. The van der Waals surface area contributed by atoms with Crippen LogP contribution in [0.15, 0.2) is 41.4 Å². The van der Waals surface area contributed by atoms with Gasteiger partial charge in [0.05, 0.1) is 10.9 Å². The SMILES string of the molecule is CCNC(=NCCCC(=O)N1Cc2ccccc2C1)N(C)Cc1ccc(Cl)s1.I. The van der Waals surface area contributed by atoms with E-state index in [1.54, 1.807) is 11.3 Å². The molecule has 158 valence electrons. The number of nitrogens with zero attached hydrogens (tertiary/aromatic N) is 3. The predicted molar refractivity (Wildman–Crippen MR) is 132 cm³/mol. The summed E-state index contributed by atoms with van der Waals surface area (Å²) in [7, 11) is 2.02. The van der Waals surface area contributed by atoms with Gasteiger partial charge in [0, 0.05) is 44.5 Å². The number of hydrogen-bond acceptors (Lipinski definition) is 3. The highest BCUT2D eigenvalue weighted by Crippen LogP contribution is 2.23. The number of nitrogens with one attached hydrogen (secondary N) is 1. The highest BCUT2D eigenvalue weighted by molar-refractivity contribution is 14.0. The molecule has 1 N–H and O–H groups in total. The molecule has 1 aliphatic rings. The molecule has 0 saturated heterocycles. The van der Waals surface area contributed by atoms with Gasteiger partial charge in [-0.3, -0.25) is 9.79 Å². The van der Waals surface area contributed by atoms with Crippen LogP contribution in [0.4, 0.5) is 0 Å². The van der Waals surface area contributed by atoms with Crippen LogP contribution >= 0.6 is 46.9 Å². The van der Waals surface area contributed by atoms with Crippen molar-refractivity contribution in [3.05, 3.63) is 56.7 Å². The fourth-order valence-electron chi connectivity index (χ4n) is 3.30. The van der Waals surface area contributed by atoms with Gasteiger partial charge in [0.15, 0.2) is 5.96 Å². The molecule has 1 aromatic carbocycles. The fourth-order valence-corrected chi connectivity index (χ4v) is 4.44. The van der Waals surface area contributed by atoms with Crippen LogP contribution in [0.25, 0.3) is 0 Å². The lowest BCUT2D eigenvalue weighted by Gasteiger charge is -2.21. The second-order valence-electron chi connectivity index (χ2n) is 6.92. The van der Waals surface area contributed by atoms with Crippen LogP contribution in [0.5, 0.6) is 0 Å². The van der Waals surface area contributed by atoms with E-state index in [1.807, 2.05) is 36.2 Å². The number of hydrogen-bond donors (Lipinski definition) is 1. The zero-order valence-electron chi connectivity index (χ0n) is 16.9. The smallest absolute Gasteiger partial charge is 0.223 e. The van der Waals surface area contributed by atoms with E-state index in [2.05, 4.69) is 34.3 Å². The van der Waals surface area contributed by atoms with Crippen molar-refractivity contribution in [1.82, 2.24) is 15.1 Å². The van der Waals surface area contributed by atoms with E-state index in [9.17, 15) is 4.79 Å². The maximum atomic E-state index is 12.5. The largest absolute Gasteiger partial charge is 0.357 e. The molecule has 1 amide bonds. The van der Waals surface area contributed by atoms with Gasteiger partial charge >= 0.3 is 0 Å². The normalized spacial score (nSPS) is 13.1. The third-order valence-corrected chi connectivity index (χ3v) is 5.94. The van der Waals surface area contributed by atoms with Crippen LogP contribution in [0.2, 0.25) is 4.34 Å². The molecule has 0 radical (unpaired) electrons. The minimum Gasteiger partial charge on any atom is -0.357 e. The predicted octanol–water partition coefficient (Wildman–Crippen LogP) is 4.74. The topological polar surface area (TPSA) is 47.9 Å². The maximum Gasteiger partial charge on any atom is 0.223 e. The first kappa shape index (κ1) is 24.0. The van der Waals surface area contributed by atoms with Crippen molar-refractivity contribution in [3.8, 4) is 0 Å². The van der Waals surface area contributed by atoms with E-state index in [4.69, 9.17) is 11.6 Å². The summed E-state index contributed by atoms with van der Waals surface area (Å²) in [5.41, 5.74) is 2.53. The summed E-state index contributed by atoms with van der Waals surface area (Å²) in [6.45, 7) is 5.71. The number of aliphatic imine (C=N–C) groups is 1. The second-order valence-corrected chi connectivity index (χ2v) is 8.72. The van der Waals surface area contributed by atoms with E-state index in [-0.39, 0.29) is 29.9 Å². The number of benzene rings is 1. The molecule has 5 nitrogen and oxygen atoms in total. The van der Waals surface area contributed by atoms with Crippen molar-refractivity contribution >= 4 is 58.8 Å². The standard InChI is InChI=1S/C21H27ClN4OS.HI/c1-3-23-21(25(2)15-18-10-11-19(22)28-18)24-12-6-9-20(27)26-13-16-7-4-5-8-17(16)14-26;/h4-5,7-8,10-11H,3,6,9,12-15H2,1-2H3,(H,23,24);1H. The van der Waals surface area contributed by atoms with Crippen LogP contribution in [-0.4, -0.2) is 41.8 Å². The summed E-state index contributed by atoms with van der Waals surface area (Å²) in [5.74, 6) is 1.06. The Balaban J connectivity index is 0.00000300. The number of amides is 1. The molecule has 2 aromatic rings. The van der Waals surface area contributed by atoms with Crippen LogP contribution < -0.4 is 5.32 Å². The number of fused-ring (bicyclic) bond motifs is 1. The summed E-state index contributed by atoms with van der Waals surface area (Å²) in [4.78, 5) is 22.4. The Kier molecular flexibility index (Phi) is 9.71. The Morgan fingerprint density at radius 1 is 1.24 bits per heavy atom. The van der Waals surface area contributed by atoms with Crippen molar-refractivity contribution < 1.29 is 4.79 Å². The van der Waals surface area contributed by atoms with Crippen LogP contribution in [0, 0.1) is 0 Å². The summed E-state index contributed by atoms with van der Waals surface area (Å²) < 4.78 is 0.799. The van der Waals surface area contributed by atoms with Gasteiger partial charge in [0.25, 0.3) is 0 Å². The molecule has 0 aliphatic carbocycles. The molecular weight excluding hydrogens is 519 g/mol. The average molecular weight is 547 g/mol. The zero-order chi connectivity index (χ0) is 19.9.